The zero-order valence-corrected chi connectivity index (χ0v) is 15.8. The second-order valence-electron chi connectivity index (χ2n) is 8.24. The Morgan fingerprint density at radius 1 is 1.17 bits per heavy atom. The fourth-order valence-corrected chi connectivity index (χ4v) is 3.78. The van der Waals surface area contributed by atoms with Crippen LogP contribution in [-0.4, -0.2) is 12.1 Å². The smallest absolute Gasteiger partial charge is 0.213 e. The predicted octanol–water partition coefficient (Wildman–Crippen LogP) is 5.88. The normalized spacial score (nSPS) is 16.1. The minimum absolute atomic E-state index is 0.0953. The summed E-state index contributed by atoms with van der Waals surface area (Å²) < 4.78 is 5.35. The first-order chi connectivity index (χ1) is 11.3. The highest BCUT2D eigenvalue weighted by Gasteiger charge is 2.33. The van der Waals surface area contributed by atoms with Crippen molar-refractivity contribution in [2.75, 3.05) is 7.11 Å². The minimum Gasteiger partial charge on any atom is -0.481 e. The van der Waals surface area contributed by atoms with Crippen molar-refractivity contribution in [1.29, 1.82) is 0 Å². The van der Waals surface area contributed by atoms with Crippen molar-refractivity contribution in [3.63, 3.8) is 0 Å². The quantitative estimate of drug-likeness (QED) is 0.701. The number of pyridine rings is 1. The molecule has 0 radical (unpaired) electrons. The largest absolute Gasteiger partial charge is 0.481 e. The van der Waals surface area contributed by atoms with Gasteiger partial charge in [0.1, 0.15) is 0 Å². The fourth-order valence-electron chi connectivity index (χ4n) is 3.78. The van der Waals surface area contributed by atoms with Crippen molar-refractivity contribution in [3.05, 3.63) is 47.2 Å². The van der Waals surface area contributed by atoms with Crippen LogP contribution in [0.1, 0.15) is 63.1 Å². The van der Waals surface area contributed by atoms with E-state index in [0.29, 0.717) is 11.8 Å². The summed E-state index contributed by atoms with van der Waals surface area (Å²) >= 11 is 0. The van der Waals surface area contributed by atoms with Crippen LogP contribution in [0.5, 0.6) is 5.88 Å². The number of hydrogen-bond acceptors (Lipinski definition) is 2. The molecule has 0 bridgehead atoms. The van der Waals surface area contributed by atoms with Crippen LogP contribution in [0.2, 0.25) is 0 Å². The standard InChI is InChI=1S/C22H29NO/c1-14-11-18(15(2)16-7-8-16)21(22(3,4)5)19(12-14)17-9-10-23-20(13-17)24-6/h9-13,15-16H,7-8H2,1-6H3. The van der Waals surface area contributed by atoms with E-state index in [2.05, 4.69) is 63.9 Å². The number of aryl methyl sites for hydroxylation is 1. The van der Waals surface area contributed by atoms with E-state index in [9.17, 15) is 0 Å². The molecule has 0 aliphatic heterocycles. The lowest BCUT2D eigenvalue weighted by molar-refractivity contribution is 0.398. The van der Waals surface area contributed by atoms with Crippen molar-refractivity contribution >= 4 is 0 Å². The Morgan fingerprint density at radius 3 is 2.46 bits per heavy atom. The van der Waals surface area contributed by atoms with Crippen LogP contribution in [-0.2, 0) is 5.41 Å². The molecule has 1 atom stereocenters. The number of ether oxygens (including phenoxy) is 1. The molecule has 1 aromatic heterocycles. The maximum atomic E-state index is 5.35. The number of benzene rings is 1. The summed E-state index contributed by atoms with van der Waals surface area (Å²) in [6, 6.07) is 8.87. The highest BCUT2D eigenvalue weighted by Crippen LogP contribution is 2.47. The molecule has 2 nitrogen and oxygen atoms in total. The topological polar surface area (TPSA) is 22.1 Å². The minimum atomic E-state index is 0.0953. The van der Waals surface area contributed by atoms with Gasteiger partial charge >= 0.3 is 0 Å². The molecular weight excluding hydrogens is 294 g/mol. The van der Waals surface area contributed by atoms with Gasteiger partial charge in [-0.15, -0.1) is 0 Å². The van der Waals surface area contributed by atoms with Crippen molar-refractivity contribution in [2.45, 2.75) is 58.8 Å². The summed E-state index contributed by atoms with van der Waals surface area (Å²) in [6.45, 7) is 11.6. The van der Waals surface area contributed by atoms with Crippen LogP contribution >= 0.6 is 0 Å². The van der Waals surface area contributed by atoms with Gasteiger partial charge in [0.15, 0.2) is 0 Å². The Labute approximate surface area is 146 Å². The first kappa shape index (κ1) is 17.0. The summed E-state index contributed by atoms with van der Waals surface area (Å²) in [5, 5.41) is 0. The lowest BCUT2D eigenvalue weighted by Gasteiger charge is -2.30. The maximum Gasteiger partial charge on any atom is 0.213 e. The summed E-state index contributed by atoms with van der Waals surface area (Å²) in [4.78, 5) is 4.27. The molecule has 1 fully saturated rings. The zero-order chi connectivity index (χ0) is 17.5. The molecule has 1 heterocycles. The van der Waals surface area contributed by atoms with Crippen molar-refractivity contribution in [2.24, 2.45) is 5.92 Å². The lowest BCUT2D eigenvalue weighted by Crippen LogP contribution is -2.18. The number of rotatable bonds is 4. The molecule has 1 aliphatic carbocycles. The molecule has 128 valence electrons. The van der Waals surface area contributed by atoms with Crippen LogP contribution in [0.4, 0.5) is 0 Å². The Morgan fingerprint density at radius 2 is 1.88 bits per heavy atom. The van der Waals surface area contributed by atoms with Crippen LogP contribution in [0.3, 0.4) is 0 Å². The second kappa shape index (κ2) is 6.23. The van der Waals surface area contributed by atoms with Gasteiger partial charge in [-0.3, -0.25) is 0 Å². The molecule has 1 aromatic carbocycles. The van der Waals surface area contributed by atoms with E-state index in [4.69, 9.17) is 4.74 Å². The van der Waals surface area contributed by atoms with E-state index in [1.165, 1.54) is 40.7 Å². The van der Waals surface area contributed by atoms with E-state index >= 15 is 0 Å². The summed E-state index contributed by atoms with van der Waals surface area (Å²) in [5.74, 6) is 2.15. The van der Waals surface area contributed by atoms with E-state index in [0.717, 1.165) is 5.92 Å². The average Bonchev–Trinajstić information content (AvgIpc) is 3.37. The first-order valence-corrected chi connectivity index (χ1v) is 8.96. The summed E-state index contributed by atoms with van der Waals surface area (Å²) in [5.41, 5.74) is 6.94. The third kappa shape index (κ3) is 3.33. The van der Waals surface area contributed by atoms with Gasteiger partial charge in [0.25, 0.3) is 0 Å². The highest BCUT2D eigenvalue weighted by atomic mass is 16.5. The molecule has 0 spiro atoms. The molecule has 1 aliphatic rings. The maximum absolute atomic E-state index is 5.35. The van der Waals surface area contributed by atoms with E-state index < -0.39 is 0 Å². The third-order valence-electron chi connectivity index (χ3n) is 5.14. The molecule has 2 heteroatoms. The number of hydrogen-bond donors (Lipinski definition) is 0. The Balaban J connectivity index is 2.23. The predicted molar refractivity (Wildman–Crippen MR) is 101 cm³/mol. The van der Waals surface area contributed by atoms with Gasteiger partial charge in [0, 0.05) is 12.3 Å². The Bertz CT molecular complexity index is 738. The Kier molecular flexibility index (Phi) is 4.42. The lowest BCUT2D eigenvalue weighted by atomic mass is 9.74. The molecule has 1 saturated carbocycles. The van der Waals surface area contributed by atoms with Gasteiger partial charge in [-0.2, -0.15) is 0 Å². The monoisotopic (exact) mass is 323 g/mol. The molecule has 24 heavy (non-hydrogen) atoms. The van der Waals surface area contributed by atoms with E-state index in [1.54, 1.807) is 7.11 Å². The van der Waals surface area contributed by atoms with Gasteiger partial charge in [-0.05, 0) is 65.3 Å². The first-order valence-electron chi connectivity index (χ1n) is 8.96. The van der Waals surface area contributed by atoms with Crippen molar-refractivity contribution in [3.8, 4) is 17.0 Å². The van der Waals surface area contributed by atoms with E-state index in [-0.39, 0.29) is 5.41 Å². The molecule has 0 saturated heterocycles. The number of methoxy groups -OCH3 is 1. The van der Waals surface area contributed by atoms with Crippen molar-refractivity contribution in [1.82, 2.24) is 4.98 Å². The van der Waals surface area contributed by atoms with Crippen molar-refractivity contribution < 1.29 is 4.74 Å². The van der Waals surface area contributed by atoms with Gasteiger partial charge in [0.05, 0.1) is 7.11 Å². The summed E-state index contributed by atoms with van der Waals surface area (Å²) in [6.07, 6.45) is 4.58. The zero-order valence-electron chi connectivity index (χ0n) is 15.8. The molecular formula is C22H29NO. The van der Waals surface area contributed by atoms with E-state index in [1.807, 2.05) is 6.20 Å². The average molecular weight is 323 g/mol. The molecule has 0 N–H and O–H groups in total. The molecule has 0 amide bonds. The van der Waals surface area contributed by atoms with Gasteiger partial charge in [0.2, 0.25) is 5.88 Å². The molecule has 1 unspecified atom stereocenters. The van der Waals surface area contributed by atoms with Gasteiger partial charge < -0.3 is 4.74 Å². The molecule has 3 rings (SSSR count). The second-order valence-corrected chi connectivity index (χ2v) is 8.24. The van der Waals surface area contributed by atoms with Gasteiger partial charge in [-0.25, -0.2) is 4.98 Å². The summed E-state index contributed by atoms with van der Waals surface area (Å²) in [7, 11) is 1.67. The van der Waals surface area contributed by atoms with Crippen LogP contribution < -0.4 is 4.74 Å². The third-order valence-corrected chi connectivity index (χ3v) is 5.14. The number of aromatic nitrogens is 1. The Hall–Kier alpha value is -1.83. The van der Waals surface area contributed by atoms with Crippen LogP contribution in [0.25, 0.3) is 11.1 Å². The highest BCUT2D eigenvalue weighted by molar-refractivity contribution is 5.72. The SMILES string of the molecule is COc1cc(-c2cc(C)cc(C(C)C3CC3)c2C(C)(C)C)ccn1. The van der Waals surface area contributed by atoms with Gasteiger partial charge in [-0.1, -0.05) is 45.4 Å². The molecule has 2 aromatic rings. The van der Waals surface area contributed by atoms with Crippen LogP contribution in [0.15, 0.2) is 30.5 Å². The number of nitrogens with zero attached hydrogens (tertiary/aromatic N) is 1. The van der Waals surface area contributed by atoms with Crippen LogP contribution in [0, 0.1) is 12.8 Å². The fraction of sp³-hybridized carbons (Fsp3) is 0.500.